The van der Waals surface area contributed by atoms with Crippen LogP contribution in [-0.2, 0) is 16.1 Å². The zero-order chi connectivity index (χ0) is 27.4. The summed E-state index contributed by atoms with van der Waals surface area (Å²) in [6, 6.07) is 7.01. The molecule has 1 saturated carbocycles. The maximum atomic E-state index is 14.1. The fourth-order valence-electron chi connectivity index (χ4n) is 5.36. The number of aromatic nitrogens is 2. The summed E-state index contributed by atoms with van der Waals surface area (Å²) in [6.45, 7) is 6.95. The number of imidazole rings is 1. The Kier molecular flexibility index (Phi) is 8.48. The molecular weight excluding hydrogens is 490 g/mol. The average Bonchev–Trinajstić information content (AvgIpc) is 3.44. The number of fused-ring (bicyclic) bond motifs is 1. The molecule has 1 aliphatic rings. The molecular formula is C30H36F2N2O4. The lowest BCUT2D eigenvalue weighted by Crippen LogP contribution is -2.26. The number of halogens is 2. The number of nitrogens with zero attached hydrogens (tertiary/aromatic N) is 2. The molecule has 4 rings (SSSR count). The highest BCUT2D eigenvalue weighted by Gasteiger charge is 2.29. The lowest BCUT2D eigenvalue weighted by atomic mass is 9.86. The van der Waals surface area contributed by atoms with E-state index in [0.29, 0.717) is 28.7 Å². The Bertz CT molecular complexity index is 1290. The van der Waals surface area contributed by atoms with Gasteiger partial charge in [-0.25, -0.2) is 13.8 Å². The van der Waals surface area contributed by atoms with Crippen LogP contribution in [0.3, 0.4) is 0 Å². The molecule has 0 radical (unpaired) electrons. The number of carbonyl (C=O) groups excluding carboxylic acids is 2. The Morgan fingerprint density at radius 2 is 1.76 bits per heavy atom. The molecule has 1 atom stereocenters. The van der Waals surface area contributed by atoms with Crippen molar-refractivity contribution in [2.45, 2.75) is 84.8 Å². The van der Waals surface area contributed by atoms with Crippen LogP contribution in [0.1, 0.15) is 87.5 Å². The van der Waals surface area contributed by atoms with Crippen LogP contribution in [0.4, 0.5) is 8.78 Å². The van der Waals surface area contributed by atoms with Gasteiger partial charge in [-0.2, -0.15) is 0 Å². The summed E-state index contributed by atoms with van der Waals surface area (Å²) in [6.07, 6.45) is 7.54. The average molecular weight is 527 g/mol. The van der Waals surface area contributed by atoms with Gasteiger partial charge in [0.15, 0.2) is 17.2 Å². The summed E-state index contributed by atoms with van der Waals surface area (Å²) in [4.78, 5) is 30.8. The van der Waals surface area contributed by atoms with Crippen LogP contribution in [-0.4, -0.2) is 26.7 Å². The van der Waals surface area contributed by atoms with Gasteiger partial charge in [-0.05, 0) is 70.2 Å². The van der Waals surface area contributed by atoms with Gasteiger partial charge >= 0.3 is 5.97 Å². The summed E-state index contributed by atoms with van der Waals surface area (Å²) in [5, 5.41) is 0. The summed E-state index contributed by atoms with van der Waals surface area (Å²) in [7, 11) is 0. The molecule has 1 aromatic carbocycles. The van der Waals surface area contributed by atoms with Crippen molar-refractivity contribution in [1.29, 1.82) is 0 Å². The number of hydrogen-bond donors (Lipinski definition) is 0. The van der Waals surface area contributed by atoms with Gasteiger partial charge in [0.05, 0.1) is 11.3 Å². The second-order valence-corrected chi connectivity index (χ2v) is 11.3. The van der Waals surface area contributed by atoms with Gasteiger partial charge in [0, 0.05) is 19.0 Å². The zero-order valence-corrected chi connectivity index (χ0v) is 22.6. The Hall–Kier alpha value is -3.29. The predicted octanol–water partition coefficient (Wildman–Crippen LogP) is 7.00. The molecule has 1 aliphatic carbocycles. The van der Waals surface area contributed by atoms with Crippen LogP contribution in [0, 0.1) is 30.4 Å². The Morgan fingerprint density at radius 1 is 1.08 bits per heavy atom. The normalized spacial score (nSPS) is 15.1. The number of esters is 1. The van der Waals surface area contributed by atoms with Gasteiger partial charge in [-0.15, -0.1) is 0 Å². The number of aryl methyl sites for hydroxylation is 1. The summed E-state index contributed by atoms with van der Waals surface area (Å²) in [5.74, 6) is -1.09. The van der Waals surface area contributed by atoms with Crippen molar-refractivity contribution < 1.29 is 27.8 Å². The maximum Gasteiger partial charge on any atom is 0.306 e. The van der Waals surface area contributed by atoms with Crippen molar-refractivity contribution in [1.82, 2.24) is 9.38 Å². The number of carbonyl (C=O) groups is 2. The highest BCUT2D eigenvalue weighted by molar-refractivity contribution is 5.97. The van der Waals surface area contributed by atoms with E-state index < -0.39 is 17.2 Å². The molecule has 38 heavy (non-hydrogen) atoms. The van der Waals surface area contributed by atoms with Gasteiger partial charge < -0.3 is 9.47 Å². The molecule has 0 N–H and O–H groups in total. The van der Waals surface area contributed by atoms with E-state index in [4.69, 9.17) is 9.47 Å². The van der Waals surface area contributed by atoms with E-state index in [1.807, 2.05) is 20.8 Å². The molecule has 2 aromatic heterocycles. The molecule has 0 unspecified atom stereocenters. The number of Topliss-reactive ketones (excluding diaryl/α,β-unsaturated/α-hetero) is 1. The van der Waals surface area contributed by atoms with Gasteiger partial charge in [-0.3, -0.25) is 14.0 Å². The fourth-order valence-corrected chi connectivity index (χ4v) is 5.36. The Labute approximate surface area is 222 Å². The highest BCUT2D eigenvalue weighted by Crippen LogP contribution is 2.34. The van der Waals surface area contributed by atoms with E-state index in [2.05, 4.69) is 4.98 Å². The van der Waals surface area contributed by atoms with Crippen LogP contribution < -0.4 is 4.74 Å². The largest absolute Gasteiger partial charge is 0.485 e. The van der Waals surface area contributed by atoms with E-state index >= 15 is 0 Å². The summed E-state index contributed by atoms with van der Waals surface area (Å²) >= 11 is 0. The van der Waals surface area contributed by atoms with E-state index in [1.165, 1.54) is 31.0 Å². The van der Waals surface area contributed by atoms with Crippen LogP contribution in [0.2, 0.25) is 0 Å². The molecule has 8 heteroatoms. The van der Waals surface area contributed by atoms with Gasteiger partial charge in [-0.1, -0.05) is 31.7 Å². The molecule has 0 aliphatic heterocycles. The smallest absolute Gasteiger partial charge is 0.306 e. The second-order valence-electron chi connectivity index (χ2n) is 11.3. The molecule has 0 spiro atoms. The van der Waals surface area contributed by atoms with Gasteiger partial charge in [0.1, 0.15) is 29.5 Å². The first kappa shape index (κ1) is 27.7. The lowest BCUT2D eigenvalue weighted by Gasteiger charge is -2.23. The first-order valence-electron chi connectivity index (χ1n) is 13.3. The number of rotatable bonds is 10. The van der Waals surface area contributed by atoms with Gasteiger partial charge in [0.25, 0.3) is 0 Å². The van der Waals surface area contributed by atoms with Crippen molar-refractivity contribution in [3.8, 4) is 5.75 Å². The molecule has 1 fully saturated rings. The maximum absolute atomic E-state index is 14.1. The van der Waals surface area contributed by atoms with E-state index in [1.54, 1.807) is 29.7 Å². The second kappa shape index (κ2) is 11.6. The molecule has 6 nitrogen and oxygen atoms in total. The van der Waals surface area contributed by atoms with Crippen molar-refractivity contribution in [3.63, 3.8) is 0 Å². The minimum absolute atomic E-state index is 0.112. The molecule has 2 heterocycles. The number of pyridine rings is 1. The van der Waals surface area contributed by atoms with E-state index in [0.717, 1.165) is 19.3 Å². The minimum Gasteiger partial charge on any atom is -0.485 e. The molecule has 0 amide bonds. The fraction of sp³-hybridized carbons (Fsp3) is 0.500. The number of ketones is 1. The van der Waals surface area contributed by atoms with Crippen LogP contribution in [0.15, 0.2) is 36.5 Å². The number of hydrogen-bond acceptors (Lipinski definition) is 5. The van der Waals surface area contributed by atoms with Crippen molar-refractivity contribution >= 4 is 17.4 Å². The van der Waals surface area contributed by atoms with E-state index in [9.17, 15) is 18.4 Å². The summed E-state index contributed by atoms with van der Waals surface area (Å²) < 4.78 is 41.1. The van der Waals surface area contributed by atoms with Crippen molar-refractivity contribution in [2.75, 3.05) is 0 Å². The minimum atomic E-state index is -0.689. The third-order valence-corrected chi connectivity index (χ3v) is 6.98. The topological polar surface area (TPSA) is 69.9 Å². The molecule has 0 saturated heterocycles. The quantitative estimate of drug-likeness (QED) is 0.210. The van der Waals surface area contributed by atoms with Crippen molar-refractivity contribution in [2.24, 2.45) is 11.8 Å². The monoisotopic (exact) mass is 526 g/mol. The zero-order valence-electron chi connectivity index (χ0n) is 22.6. The molecule has 3 aromatic rings. The highest BCUT2D eigenvalue weighted by atomic mass is 19.1. The van der Waals surface area contributed by atoms with Crippen molar-refractivity contribution in [3.05, 3.63) is 65.1 Å². The molecule has 204 valence electrons. The van der Waals surface area contributed by atoms with Crippen LogP contribution in [0.5, 0.6) is 5.75 Å². The molecule has 0 bridgehead atoms. The third kappa shape index (κ3) is 6.77. The first-order valence-corrected chi connectivity index (χ1v) is 13.3. The number of benzene rings is 1. The van der Waals surface area contributed by atoms with Crippen LogP contribution >= 0.6 is 0 Å². The Morgan fingerprint density at radius 3 is 2.42 bits per heavy atom. The lowest BCUT2D eigenvalue weighted by molar-refractivity contribution is -0.156. The first-order chi connectivity index (χ1) is 18.0. The van der Waals surface area contributed by atoms with E-state index in [-0.39, 0.29) is 42.7 Å². The third-order valence-electron chi connectivity index (χ3n) is 6.98. The van der Waals surface area contributed by atoms with Gasteiger partial charge in [0.2, 0.25) is 0 Å². The summed E-state index contributed by atoms with van der Waals surface area (Å²) in [5.41, 5.74) is 0.581. The van der Waals surface area contributed by atoms with Crippen LogP contribution in [0.25, 0.3) is 5.65 Å². The SMILES string of the molecule is Cc1nc2c(OCc3c(F)cccc3F)cccn2c1C(=O)C[C@@H](CC(=O)OC(C)(C)C)CC1CCCC1. The predicted molar refractivity (Wildman–Crippen MR) is 140 cm³/mol. The Balaban J connectivity index is 1.54. The standard InChI is InChI=1S/C30H36F2N2O4/c1-19-28(25(35)16-21(15-20-9-5-6-10-20)17-27(36)38-30(2,3)4)34-14-8-13-26(29(34)33-19)37-18-22-23(31)11-7-12-24(22)32/h7-8,11-14,20-21H,5-6,9-10,15-18H2,1-4H3/t21-/m0/s1. The number of ether oxygens (including phenoxy) is 2.